The van der Waals surface area contributed by atoms with Crippen LogP contribution in [0.2, 0.25) is 0 Å². The Labute approximate surface area is 163 Å². The number of hydrogen-bond acceptors (Lipinski definition) is 6. The summed E-state index contributed by atoms with van der Waals surface area (Å²) in [5.74, 6) is 2.29. The number of amides is 2. The van der Waals surface area contributed by atoms with Gasteiger partial charge in [-0.3, -0.25) is 14.5 Å². The average Bonchev–Trinajstić information content (AvgIpc) is 3.29. The molecule has 2 aromatic heterocycles. The summed E-state index contributed by atoms with van der Waals surface area (Å²) < 4.78 is 5.65. The first-order valence-corrected chi connectivity index (χ1v) is 9.72. The first-order chi connectivity index (χ1) is 13.5. The molecule has 1 saturated heterocycles. The molecule has 1 fully saturated rings. The van der Waals surface area contributed by atoms with E-state index in [1.165, 1.54) is 0 Å². The Morgan fingerprint density at radius 1 is 1.36 bits per heavy atom. The Kier molecular flexibility index (Phi) is 5.13. The maximum atomic E-state index is 12.9. The lowest BCUT2D eigenvalue weighted by Crippen LogP contribution is -2.56. The van der Waals surface area contributed by atoms with Gasteiger partial charge in [0.15, 0.2) is 0 Å². The quantitative estimate of drug-likeness (QED) is 0.834. The zero-order valence-electron chi connectivity index (χ0n) is 16.3. The van der Waals surface area contributed by atoms with Crippen LogP contribution in [0.1, 0.15) is 41.9 Å². The minimum atomic E-state index is -0.493. The van der Waals surface area contributed by atoms with Crippen molar-refractivity contribution < 1.29 is 14.0 Å². The van der Waals surface area contributed by atoms with E-state index < -0.39 is 6.04 Å². The van der Waals surface area contributed by atoms with Crippen LogP contribution in [0.15, 0.2) is 22.7 Å². The van der Waals surface area contributed by atoms with Crippen molar-refractivity contribution in [3.8, 4) is 0 Å². The van der Waals surface area contributed by atoms with E-state index >= 15 is 0 Å². The zero-order chi connectivity index (χ0) is 19.7. The predicted octanol–water partition coefficient (Wildman–Crippen LogP) is 1.17. The van der Waals surface area contributed by atoms with Crippen molar-refractivity contribution in [1.82, 2.24) is 25.1 Å². The molecule has 0 radical (unpaired) electrons. The smallest absolute Gasteiger partial charge is 0.237 e. The first kappa shape index (κ1) is 18.6. The highest BCUT2D eigenvalue weighted by molar-refractivity contribution is 5.89. The van der Waals surface area contributed by atoms with Gasteiger partial charge in [0.2, 0.25) is 11.8 Å². The van der Waals surface area contributed by atoms with Crippen LogP contribution in [0.5, 0.6) is 0 Å². The number of aryl methyl sites for hydroxylation is 2. The molecule has 8 heteroatoms. The molecule has 4 heterocycles. The summed E-state index contributed by atoms with van der Waals surface area (Å²) in [6.07, 6.45) is 2.73. The number of fused-ring (bicyclic) bond motifs is 1. The third-order valence-corrected chi connectivity index (χ3v) is 5.34. The Bertz CT molecular complexity index is 894. The summed E-state index contributed by atoms with van der Waals surface area (Å²) in [7, 11) is 0. The Balaban J connectivity index is 1.43. The van der Waals surface area contributed by atoms with E-state index in [1.54, 1.807) is 4.90 Å². The highest BCUT2D eigenvalue weighted by Gasteiger charge is 2.35. The molecule has 0 bridgehead atoms. The van der Waals surface area contributed by atoms with Crippen LogP contribution in [-0.2, 0) is 35.6 Å². The van der Waals surface area contributed by atoms with Crippen molar-refractivity contribution in [1.29, 1.82) is 0 Å². The standard InChI is InChI=1S/C20H25N5O3/c1-3-18-22-9-14-10-25(12-16(14)23-18)19(26)8-17-20(27)21-6-7-24(17)11-15-5-4-13(2)28-15/h4-5,9,17H,3,6-8,10-12H2,1-2H3,(H,21,27)/t17-/m0/s1. The van der Waals surface area contributed by atoms with Crippen molar-refractivity contribution in [2.45, 2.75) is 52.4 Å². The molecule has 148 valence electrons. The maximum absolute atomic E-state index is 12.9. The number of rotatable bonds is 5. The SMILES string of the molecule is CCc1ncc2c(n1)CN(C(=O)C[C@H]1C(=O)NCCN1Cc1ccc(C)o1)C2. The second-order valence-electron chi connectivity index (χ2n) is 7.36. The maximum Gasteiger partial charge on any atom is 0.237 e. The third kappa shape index (κ3) is 3.77. The van der Waals surface area contributed by atoms with Gasteiger partial charge in [0, 0.05) is 37.8 Å². The van der Waals surface area contributed by atoms with Crippen molar-refractivity contribution in [2.75, 3.05) is 13.1 Å². The summed E-state index contributed by atoms with van der Waals surface area (Å²) in [6.45, 7) is 6.68. The van der Waals surface area contributed by atoms with Crippen LogP contribution in [0.4, 0.5) is 0 Å². The second-order valence-corrected chi connectivity index (χ2v) is 7.36. The monoisotopic (exact) mass is 383 g/mol. The van der Waals surface area contributed by atoms with Gasteiger partial charge in [-0.1, -0.05) is 6.92 Å². The summed E-state index contributed by atoms with van der Waals surface area (Å²) in [5, 5.41) is 2.88. The number of nitrogens with zero attached hydrogens (tertiary/aromatic N) is 4. The van der Waals surface area contributed by atoms with Gasteiger partial charge in [-0.15, -0.1) is 0 Å². The molecule has 1 atom stereocenters. The number of hydrogen-bond donors (Lipinski definition) is 1. The van der Waals surface area contributed by atoms with Gasteiger partial charge < -0.3 is 14.6 Å². The summed E-state index contributed by atoms with van der Waals surface area (Å²) >= 11 is 0. The number of furan rings is 1. The highest BCUT2D eigenvalue weighted by Crippen LogP contribution is 2.23. The van der Waals surface area contributed by atoms with Gasteiger partial charge in [0.25, 0.3) is 0 Å². The molecule has 2 aliphatic rings. The van der Waals surface area contributed by atoms with E-state index in [9.17, 15) is 9.59 Å². The molecule has 1 N–H and O–H groups in total. The molecule has 2 amide bonds. The van der Waals surface area contributed by atoms with Crippen molar-refractivity contribution in [3.05, 3.63) is 46.9 Å². The number of nitrogens with one attached hydrogen (secondary N) is 1. The molecule has 8 nitrogen and oxygen atoms in total. The van der Waals surface area contributed by atoms with E-state index in [2.05, 4.69) is 15.3 Å². The molecule has 28 heavy (non-hydrogen) atoms. The van der Waals surface area contributed by atoms with Gasteiger partial charge >= 0.3 is 0 Å². The van der Waals surface area contributed by atoms with Crippen LogP contribution in [0, 0.1) is 6.92 Å². The molecule has 0 unspecified atom stereocenters. The van der Waals surface area contributed by atoms with Crippen LogP contribution in [0.3, 0.4) is 0 Å². The topological polar surface area (TPSA) is 91.6 Å². The number of carbonyl (C=O) groups excluding carboxylic acids is 2. The Morgan fingerprint density at radius 3 is 2.96 bits per heavy atom. The fraction of sp³-hybridized carbons (Fsp3) is 0.500. The lowest BCUT2D eigenvalue weighted by atomic mass is 10.1. The Hall–Kier alpha value is -2.74. The van der Waals surface area contributed by atoms with Gasteiger partial charge in [-0.05, 0) is 19.1 Å². The van der Waals surface area contributed by atoms with Gasteiger partial charge in [-0.25, -0.2) is 9.97 Å². The van der Waals surface area contributed by atoms with Crippen molar-refractivity contribution in [3.63, 3.8) is 0 Å². The van der Waals surface area contributed by atoms with E-state index in [-0.39, 0.29) is 18.2 Å². The van der Waals surface area contributed by atoms with Crippen molar-refractivity contribution >= 4 is 11.8 Å². The minimum absolute atomic E-state index is 0.0428. The zero-order valence-corrected chi connectivity index (χ0v) is 16.3. The van der Waals surface area contributed by atoms with Crippen LogP contribution < -0.4 is 5.32 Å². The molecule has 0 aliphatic carbocycles. The third-order valence-electron chi connectivity index (χ3n) is 5.34. The molecule has 2 aromatic rings. The molecule has 0 spiro atoms. The summed E-state index contributed by atoms with van der Waals surface area (Å²) in [4.78, 5) is 38.0. The van der Waals surface area contributed by atoms with E-state index in [1.807, 2.05) is 37.1 Å². The Morgan fingerprint density at radius 2 is 2.21 bits per heavy atom. The van der Waals surface area contributed by atoms with Gasteiger partial charge in [0.05, 0.1) is 31.2 Å². The lowest BCUT2D eigenvalue weighted by Gasteiger charge is -2.34. The molecule has 4 rings (SSSR count). The number of aromatic nitrogens is 2. The lowest BCUT2D eigenvalue weighted by molar-refractivity contribution is -0.139. The summed E-state index contributed by atoms with van der Waals surface area (Å²) in [5.41, 5.74) is 1.90. The normalized spacial score (nSPS) is 19.6. The predicted molar refractivity (Wildman–Crippen MR) is 101 cm³/mol. The first-order valence-electron chi connectivity index (χ1n) is 9.72. The van der Waals surface area contributed by atoms with Crippen LogP contribution in [0.25, 0.3) is 0 Å². The fourth-order valence-electron chi connectivity index (χ4n) is 3.78. The number of piperazine rings is 1. The summed E-state index contributed by atoms with van der Waals surface area (Å²) in [6, 6.07) is 3.33. The largest absolute Gasteiger partial charge is 0.465 e. The fourth-order valence-corrected chi connectivity index (χ4v) is 3.78. The van der Waals surface area contributed by atoms with Crippen molar-refractivity contribution in [2.24, 2.45) is 0 Å². The van der Waals surface area contributed by atoms with Crippen LogP contribution >= 0.6 is 0 Å². The molecule has 0 saturated carbocycles. The van der Waals surface area contributed by atoms with Gasteiger partial charge in [-0.2, -0.15) is 0 Å². The van der Waals surface area contributed by atoms with E-state index in [0.717, 1.165) is 35.0 Å². The molecule has 2 aliphatic heterocycles. The molecule has 0 aromatic carbocycles. The van der Waals surface area contributed by atoms with E-state index in [0.29, 0.717) is 32.7 Å². The van der Waals surface area contributed by atoms with Crippen LogP contribution in [-0.4, -0.2) is 50.7 Å². The molecular formula is C20H25N5O3. The molecular weight excluding hydrogens is 358 g/mol. The average molecular weight is 383 g/mol. The number of carbonyl (C=O) groups is 2. The highest BCUT2D eigenvalue weighted by atomic mass is 16.3. The minimum Gasteiger partial charge on any atom is -0.465 e. The van der Waals surface area contributed by atoms with Gasteiger partial charge in [0.1, 0.15) is 17.3 Å². The second kappa shape index (κ2) is 7.71. The van der Waals surface area contributed by atoms with E-state index in [4.69, 9.17) is 4.42 Å².